The van der Waals surface area contributed by atoms with Crippen molar-refractivity contribution in [2.75, 3.05) is 6.79 Å². The highest BCUT2D eigenvalue weighted by atomic mass is 16.7. The summed E-state index contributed by atoms with van der Waals surface area (Å²) in [6.45, 7) is 0.308. The molecule has 0 fully saturated rings. The molecule has 3 nitrogen and oxygen atoms in total. The van der Waals surface area contributed by atoms with Crippen LogP contribution in [0.25, 0.3) is 23.1 Å². The third-order valence-electron chi connectivity index (χ3n) is 3.96. The molecule has 0 saturated carbocycles. The Bertz CT molecular complexity index is 884. The van der Waals surface area contributed by atoms with E-state index in [0.717, 1.165) is 22.8 Å². The molecule has 0 N–H and O–H groups in total. The maximum atomic E-state index is 5.41. The molecule has 1 aromatic heterocycles. The summed E-state index contributed by atoms with van der Waals surface area (Å²) in [5.41, 5.74) is 3.46. The van der Waals surface area contributed by atoms with Crippen molar-refractivity contribution in [3.63, 3.8) is 0 Å². The average Bonchev–Trinajstić information content (AvgIpc) is 3.02. The summed E-state index contributed by atoms with van der Waals surface area (Å²) in [4.78, 5) is 0. The molecule has 0 spiro atoms. The minimum Gasteiger partial charge on any atom is -0.454 e. The molecule has 2 heterocycles. The highest BCUT2D eigenvalue weighted by Crippen LogP contribution is 2.32. The molecular formula is C19H16NO2+. The van der Waals surface area contributed by atoms with Crippen LogP contribution in [0.4, 0.5) is 0 Å². The molecule has 3 heteroatoms. The SMILES string of the molecule is C[n+]1c(/C=C\c2ccc3c(c2)OCO3)ccc2ccccc21. The zero-order valence-electron chi connectivity index (χ0n) is 12.3. The monoisotopic (exact) mass is 290 g/mol. The number of rotatable bonds is 2. The molecule has 0 atom stereocenters. The van der Waals surface area contributed by atoms with Crippen molar-refractivity contribution in [3.05, 3.63) is 65.9 Å². The summed E-state index contributed by atoms with van der Waals surface area (Å²) in [6, 6.07) is 18.6. The molecule has 0 unspecified atom stereocenters. The van der Waals surface area contributed by atoms with Crippen molar-refractivity contribution in [1.82, 2.24) is 0 Å². The van der Waals surface area contributed by atoms with Crippen LogP contribution in [0.15, 0.2) is 54.6 Å². The van der Waals surface area contributed by atoms with Gasteiger partial charge in [-0.05, 0) is 35.9 Å². The Labute approximate surface area is 129 Å². The molecule has 4 rings (SSSR count). The summed E-state index contributed by atoms with van der Waals surface area (Å²) in [5.74, 6) is 1.62. The van der Waals surface area contributed by atoms with Crippen molar-refractivity contribution in [2.24, 2.45) is 7.05 Å². The lowest BCUT2D eigenvalue weighted by Crippen LogP contribution is -2.32. The average molecular weight is 290 g/mol. The summed E-state index contributed by atoms with van der Waals surface area (Å²) < 4.78 is 12.9. The molecule has 2 aromatic carbocycles. The molecule has 3 aromatic rings. The van der Waals surface area contributed by atoms with E-state index < -0.39 is 0 Å². The fourth-order valence-corrected chi connectivity index (χ4v) is 2.73. The van der Waals surface area contributed by atoms with Gasteiger partial charge in [0.2, 0.25) is 18.0 Å². The number of pyridine rings is 1. The molecule has 1 aliphatic rings. The Morgan fingerprint density at radius 2 is 1.77 bits per heavy atom. The van der Waals surface area contributed by atoms with Crippen LogP contribution in [-0.2, 0) is 7.05 Å². The quantitative estimate of drug-likeness (QED) is 0.673. The second-order valence-electron chi connectivity index (χ2n) is 5.32. The van der Waals surface area contributed by atoms with Gasteiger partial charge in [-0.25, -0.2) is 0 Å². The molecule has 22 heavy (non-hydrogen) atoms. The number of hydrogen-bond donors (Lipinski definition) is 0. The molecule has 0 radical (unpaired) electrons. The first-order chi connectivity index (χ1) is 10.8. The Balaban J connectivity index is 1.69. The number of para-hydroxylation sites is 1. The van der Waals surface area contributed by atoms with Crippen molar-refractivity contribution in [3.8, 4) is 11.5 Å². The van der Waals surface area contributed by atoms with Crippen LogP contribution in [0.3, 0.4) is 0 Å². The number of nitrogens with zero attached hydrogens (tertiary/aromatic N) is 1. The summed E-state index contributed by atoms with van der Waals surface area (Å²) in [6.07, 6.45) is 4.20. The first kappa shape index (κ1) is 12.9. The normalized spacial score (nSPS) is 13.1. The topological polar surface area (TPSA) is 22.3 Å². The number of hydrogen-bond acceptors (Lipinski definition) is 2. The predicted octanol–water partition coefficient (Wildman–Crippen LogP) is 3.56. The smallest absolute Gasteiger partial charge is 0.231 e. The van der Waals surface area contributed by atoms with Crippen LogP contribution in [0, 0.1) is 0 Å². The lowest BCUT2D eigenvalue weighted by atomic mass is 10.1. The number of fused-ring (bicyclic) bond motifs is 2. The van der Waals surface area contributed by atoms with Gasteiger partial charge in [-0.1, -0.05) is 18.2 Å². The van der Waals surface area contributed by atoms with Gasteiger partial charge in [0.15, 0.2) is 11.5 Å². The lowest BCUT2D eigenvalue weighted by molar-refractivity contribution is -0.646. The molecular weight excluding hydrogens is 274 g/mol. The Morgan fingerprint density at radius 1 is 0.909 bits per heavy atom. The summed E-state index contributed by atoms with van der Waals surface area (Å²) in [7, 11) is 2.08. The summed E-state index contributed by atoms with van der Waals surface area (Å²) >= 11 is 0. The van der Waals surface area contributed by atoms with E-state index in [1.54, 1.807) is 0 Å². The number of benzene rings is 2. The molecule has 0 aliphatic carbocycles. The van der Waals surface area contributed by atoms with Gasteiger partial charge in [-0.15, -0.1) is 0 Å². The van der Waals surface area contributed by atoms with E-state index in [9.17, 15) is 0 Å². The maximum Gasteiger partial charge on any atom is 0.231 e. The molecule has 0 saturated heterocycles. The van der Waals surface area contributed by atoms with E-state index in [-0.39, 0.29) is 0 Å². The van der Waals surface area contributed by atoms with Crippen molar-refractivity contribution in [2.45, 2.75) is 0 Å². The summed E-state index contributed by atoms with van der Waals surface area (Å²) in [5, 5.41) is 1.24. The maximum absolute atomic E-state index is 5.41. The lowest BCUT2D eigenvalue weighted by Gasteiger charge is -2.00. The third-order valence-corrected chi connectivity index (χ3v) is 3.96. The zero-order valence-corrected chi connectivity index (χ0v) is 12.3. The van der Waals surface area contributed by atoms with E-state index in [4.69, 9.17) is 9.47 Å². The number of ether oxygens (including phenoxy) is 2. The third kappa shape index (κ3) is 2.21. The van der Waals surface area contributed by atoms with Gasteiger partial charge in [0.25, 0.3) is 0 Å². The highest BCUT2D eigenvalue weighted by Gasteiger charge is 2.12. The van der Waals surface area contributed by atoms with Crippen molar-refractivity contribution < 1.29 is 14.0 Å². The van der Waals surface area contributed by atoms with Crippen LogP contribution in [0.2, 0.25) is 0 Å². The molecule has 0 amide bonds. The fraction of sp³-hybridized carbons (Fsp3) is 0.105. The Kier molecular flexibility index (Phi) is 3.04. The van der Waals surface area contributed by atoms with Crippen LogP contribution >= 0.6 is 0 Å². The Hall–Kier alpha value is -2.81. The largest absolute Gasteiger partial charge is 0.454 e. The van der Waals surface area contributed by atoms with Gasteiger partial charge < -0.3 is 9.47 Å². The van der Waals surface area contributed by atoms with Gasteiger partial charge >= 0.3 is 0 Å². The van der Waals surface area contributed by atoms with Gasteiger partial charge in [-0.3, -0.25) is 0 Å². The molecule has 1 aliphatic heterocycles. The molecule has 108 valence electrons. The van der Waals surface area contributed by atoms with Gasteiger partial charge in [-0.2, -0.15) is 4.57 Å². The highest BCUT2D eigenvalue weighted by molar-refractivity contribution is 5.77. The number of aromatic nitrogens is 1. The minimum absolute atomic E-state index is 0.308. The van der Waals surface area contributed by atoms with Gasteiger partial charge in [0, 0.05) is 23.6 Å². The zero-order chi connectivity index (χ0) is 14.9. The first-order valence-corrected chi connectivity index (χ1v) is 7.27. The van der Waals surface area contributed by atoms with E-state index >= 15 is 0 Å². The van der Waals surface area contributed by atoms with Crippen molar-refractivity contribution >= 4 is 23.1 Å². The van der Waals surface area contributed by atoms with E-state index in [1.165, 1.54) is 10.9 Å². The predicted molar refractivity (Wildman–Crippen MR) is 86.6 cm³/mol. The van der Waals surface area contributed by atoms with E-state index in [2.05, 4.69) is 60.2 Å². The second-order valence-corrected chi connectivity index (χ2v) is 5.32. The van der Waals surface area contributed by atoms with Crippen LogP contribution in [-0.4, -0.2) is 6.79 Å². The minimum atomic E-state index is 0.308. The van der Waals surface area contributed by atoms with Gasteiger partial charge in [0.1, 0.15) is 7.05 Å². The second kappa shape index (κ2) is 5.19. The van der Waals surface area contributed by atoms with Crippen LogP contribution in [0.5, 0.6) is 11.5 Å². The van der Waals surface area contributed by atoms with E-state index in [1.807, 2.05) is 18.2 Å². The van der Waals surface area contributed by atoms with Gasteiger partial charge in [0.05, 0.1) is 0 Å². The Morgan fingerprint density at radius 3 is 2.73 bits per heavy atom. The number of aryl methyl sites for hydroxylation is 1. The van der Waals surface area contributed by atoms with Crippen LogP contribution < -0.4 is 14.0 Å². The molecule has 0 bridgehead atoms. The standard InChI is InChI=1S/C19H16NO2/c1-20-16(10-8-15-4-2-3-5-17(15)20)9-6-14-7-11-18-19(12-14)22-13-21-18/h2-12H,13H2,1H3/q+1/b9-6-. The van der Waals surface area contributed by atoms with E-state index in [0.29, 0.717) is 6.79 Å². The van der Waals surface area contributed by atoms with Crippen molar-refractivity contribution in [1.29, 1.82) is 0 Å². The van der Waals surface area contributed by atoms with Crippen LogP contribution in [0.1, 0.15) is 11.3 Å². The first-order valence-electron chi connectivity index (χ1n) is 7.27. The fourth-order valence-electron chi connectivity index (χ4n) is 2.73.